The lowest BCUT2D eigenvalue weighted by Crippen LogP contribution is -1.83. The van der Waals surface area contributed by atoms with E-state index >= 15 is 0 Å². The smallest absolute Gasteiger partial charge is 0.0932 e. The quantitative estimate of drug-likeness (QED) is 0.800. The van der Waals surface area contributed by atoms with Gasteiger partial charge in [-0.1, -0.05) is 0 Å². The predicted molar refractivity (Wildman–Crippen MR) is 60.5 cm³/mol. The van der Waals surface area contributed by atoms with Crippen molar-refractivity contribution in [1.29, 1.82) is 5.26 Å². The van der Waals surface area contributed by atoms with Gasteiger partial charge in [-0.2, -0.15) is 5.26 Å². The van der Waals surface area contributed by atoms with Crippen molar-refractivity contribution < 1.29 is 0 Å². The minimum Gasteiger partial charge on any atom is -0.367 e. The van der Waals surface area contributed by atoms with Crippen LogP contribution in [0.3, 0.4) is 0 Å². The number of hydrogen-bond donors (Lipinski definition) is 1. The van der Waals surface area contributed by atoms with Crippen molar-refractivity contribution in [2.75, 3.05) is 0 Å². The van der Waals surface area contributed by atoms with Crippen LogP contribution in [0.4, 0.5) is 0 Å². The summed E-state index contributed by atoms with van der Waals surface area (Å²) in [7, 11) is 0. The standard InChI is InChI=1S/C11H11N3S/c12-5-2-1-3-11-14-10(8-15-11)9-4-6-13-7-9/h4,6-8,13H,1-3H2. The minimum atomic E-state index is 0.610. The van der Waals surface area contributed by atoms with Gasteiger partial charge in [-0.3, -0.25) is 0 Å². The fourth-order valence-corrected chi connectivity index (χ4v) is 2.21. The Labute approximate surface area is 92.4 Å². The van der Waals surface area contributed by atoms with Gasteiger partial charge in [0.15, 0.2) is 0 Å². The molecule has 0 bridgehead atoms. The van der Waals surface area contributed by atoms with E-state index < -0.39 is 0 Å². The summed E-state index contributed by atoms with van der Waals surface area (Å²) < 4.78 is 0. The Kier molecular flexibility index (Phi) is 3.15. The molecule has 0 aromatic carbocycles. The molecule has 0 saturated carbocycles. The molecule has 3 nitrogen and oxygen atoms in total. The molecular weight excluding hydrogens is 206 g/mol. The van der Waals surface area contributed by atoms with Crippen LogP contribution >= 0.6 is 11.3 Å². The van der Waals surface area contributed by atoms with Gasteiger partial charge in [0.2, 0.25) is 0 Å². The SMILES string of the molecule is N#CCCCc1nc(-c2cc[nH]c2)cs1. The number of unbranched alkanes of at least 4 members (excludes halogenated alkanes) is 1. The molecule has 2 aromatic rings. The zero-order chi connectivity index (χ0) is 10.5. The molecule has 0 unspecified atom stereocenters. The minimum absolute atomic E-state index is 0.610. The zero-order valence-corrected chi connectivity index (χ0v) is 9.05. The molecule has 1 N–H and O–H groups in total. The predicted octanol–water partition coefficient (Wildman–Crippen LogP) is 2.98. The molecule has 76 valence electrons. The first-order valence-electron chi connectivity index (χ1n) is 4.84. The lowest BCUT2D eigenvalue weighted by atomic mass is 10.2. The fraction of sp³-hybridized carbons (Fsp3) is 0.273. The normalized spacial score (nSPS) is 10.1. The van der Waals surface area contributed by atoms with Crippen LogP contribution in [0.2, 0.25) is 0 Å². The zero-order valence-electron chi connectivity index (χ0n) is 8.23. The molecule has 0 aliphatic carbocycles. The second-order valence-corrected chi connectivity index (χ2v) is 4.18. The Morgan fingerprint density at radius 2 is 2.47 bits per heavy atom. The van der Waals surface area contributed by atoms with E-state index in [1.165, 1.54) is 0 Å². The molecular formula is C11H11N3S. The highest BCUT2D eigenvalue weighted by Crippen LogP contribution is 2.22. The number of aromatic amines is 1. The van der Waals surface area contributed by atoms with Crippen molar-refractivity contribution in [3.63, 3.8) is 0 Å². The van der Waals surface area contributed by atoms with Crippen LogP contribution in [-0.2, 0) is 6.42 Å². The van der Waals surface area contributed by atoms with E-state index in [0.717, 1.165) is 29.1 Å². The highest BCUT2D eigenvalue weighted by atomic mass is 32.1. The Morgan fingerprint density at radius 3 is 3.20 bits per heavy atom. The summed E-state index contributed by atoms with van der Waals surface area (Å²) in [6.07, 6.45) is 6.25. The Balaban J connectivity index is 2.02. The Bertz CT molecular complexity index is 450. The lowest BCUT2D eigenvalue weighted by Gasteiger charge is -1.90. The summed E-state index contributed by atoms with van der Waals surface area (Å²) >= 11 is 1.66. The van der Waals surface area contributed by atoms with E-state index in [9.17, 15) is 0 Å². The van der Waals surface area contributed by atoms with Gasteiger partial charge in [0.05, 0.1) is 16.8 Å². The Hall–Kier alpha value is -1.60. The molecule has 0 saturated heterocycles. The van der Waals surface area contributed by atoms with Crippen molar-refractivity contribution in [1.82, 2.24) is 9.97 Å². The second kappa shape index (κ2) is 4.76. The Morgan fingerprint density at radius 1 is 1.53 bits per heavy atom. The largest absolute Gasteiger partial charge is 0.367 e. The number of hydrogen-bond acceptors (Lipinski definition) is 3. The van der Waals surface area contributed by atoms with Crippen LogP contribution in [-0.4, -0.2) is 9.97 Å². The molecule has 2 heterocycles. The maximum Gasteiger partial charge on any atom is 0.0932 e. The first-order chi connectivity index (χ1) is 7.40. The van der Waals surface area contributed by atoms with Crippen LogP contribution in [0.25, 0.3) is 11.3 Å². The summed E-state index contributed by atoms with van der Waals surface area (Å²) in [6, 6.07) is 4.15. The molecule has 0 fully saturated rings. The summed E-state index contributed by atoms with van der Waals surface area (Å²) in [5.41, 5.74) is 2.14. The summed E-state index contributed by atoms with van der Waals surface area (Å²) in [5.74, 6) is 0. The van der Waals surface area contributed by atoms with Crippen LogP contribution in [0, 0.1) is 11.3 Å². The van der Waals surface area contributed by atoms with E-state index in [1.54, 1.807) is 11.3 Å². The highest BCUT2D eigenvalue weighted by molar-refractivity contribution is 7.09. The van der Waals surface area contributed by atoms with Gasteiger partial charge in [0.1, 0.15) is 0 Å². The van der Waals surface area contributed by atoms with Gasteiger partial charge < -0.3 is 4.98 Å². The van der Waals surface area contributed by atoms with Gasteiger partial charge in [0, 0.05) is 36.2 Å². The van der Waals surface area contributed by atoms with Gasteiger partial charge in [-0.15, -0.1) is 11.3 Å². The third kappa shape index (κ3) is 2.45. The number of aromatic nitrogens is 2. The number of nitriles is 1. The molecule has 0 atom stereocenters. The average Bonchev–Trinajstić information content (AvgIpc) is 2.87. The van der Waals surface area contributed by atoms with Crippen molar-refractivity contribution >= 4 is 11.3 Å². The highest BCUT2D eigenvalue weighted by Gasteiger charge is 2.04. The summed E-state index contributed by atoms with van der Waals surface area (Å²) in [5, 5.41) is 11.6. The van der Waals surface area contributed by atoms with E-state index in [2.05, 4.69) is 21.4 Å². The first kappa shape index (κ1) is 9.94. The summed E-state index contributed by atoms with van der Waals surface area (Å²) in [6.45, 7) is 0. The van der Waals surface area contributed by atoms with Crippen LogP contribution in [0.5, 0.6) is 0 Å². The first-order valence-corrected chi connectivity index (χ1v) is 5.72. The second-order valence-electron chi connectivity index (χ2n) is 3.24. The molecule has 0 aliphatic heterocycles. The molecule has 15 heavy (non-hydrogen) atoms. The number of rotatable bonds is 4. The van der Waals surface area contributed by atoms with E-state index in [-0.39, 0.29) is 0 Å². The molecule has 0 radical (unpaired) electrons. The van der Waals surface area contributed by atoms with Crippen LogP contribution < -0.4 is 0 Å². The third-order valence-corrected chi connectivity index (χ3v) is 3.03. The monoisotopic (exact) mass is 217 g/mol. The molecule has 2 aromatic heterocycles. The number of nitrogens with zero attached hydrogens (tertiary/aromatic N) is 2. The van der Waals surface area contributed by atoms with E-state index in [0.29, 0.717) is 6.42 Å². The van der Waals surface area contributed by atoms with Crippen LogP contribution in [0.15, 0.2) is 23.8 Å². The topological polar surface area (TPSA) is 52.5 Å². The van der Waals surface area contributed by atoms with Gasteiger partial charge >= 0.3 is 0 Å². The maximum absolute atomic E-state index is 8.43. The van der Waals surface area contributed by atoms with Gasteiger partial charge in [-0.25, -0.2) is 4.98 Å². The van der Waals surface area contributed by atoms with Crippen molar-refractivity contribution in [3.8, 4) is 17.3 Å². The van der Waals surface area contributed by atoms with Gasteiger partial charge in [-0.05, 0) is 12.5 Å². The molecule has 2 rings (SSSR count). The maximum atomic E-state index is 8.43. The number of thiazole rings is 1. The van der Waals surface area contributed by atoms with E-state index in [4.69, 9.17) is 5.26 Å². The number of H-pyrrole nitrogens is 1. The molecule has 0 aliphatic rings. The third-order valence-electron chi connectivity index (χ3n) is 2.12. The van der Waals surface area contributed by atoms with Crippen LogP contribution in [0.1, 0.15) is 17.8 Å². The van der Waals surface area contributed by atoms with E-state index in [1.807, 2.05) is 18.5 Å². The number of nitrogens with one attached hydrogen (secondary N) is 1. The van der Waals surface area contributed by atoms with Crippen molar-refractivity contribution in [2.45, 2.75) is 19.3 Å². The fourth-order valence-electron chi connectivity index (χ4n) is 1.36. The van der Waals surface area contributed by atoms with Gasteiger partial charge in [0.25, 0.3) is 0 Å². The summed E-state index contributed by atoms with van der Waals surface area (Å²) in [4.78, 5) is 7.52. The number of aryl methyl sites for hydroxylation is 1. The molecule has 0 amide bonds. The average molecular weight is 217 g/mol. The molecule has 0 spiro atoms. The van der Waals surface area contributed by atoms with Crippen molar-refractivity contribution in [3.05, 3.63) is 28.8 Å². The van der Waals surface area contributed by atoms with Crippen molar-refractivity contribution in [2.24, 2.45) is 0 Å². The lowest BCUT2D eigenvalue weighted by molar-refractivity contribution is 0.843. The molecule has 4 heteroatoms.